The third-order valence-electron chi connectivity index (χ3n) is 5.69. The number of amides is 1. The first-order valence-corrected chi connectivity index (χ1v) is 10.9. The third-order valence-corrected chi connectivity index (χ3v) is 5.69. The van der Waals surface area contributed by atoms with Gasteiger partial charge in [-0.05, 0) is 43.7 Å². The van der Waals surface area contributed by atoms with Crippen molar-refractivity contribution in [2.75, 3.05) is 5.32 Å². The zero-order valence-electron chi connectivity index (χ0n) is 18.7. The van der Waals surface area contributed by atoms with Crippen molar-refractivity contribution < 1.29 is 23.5 Å². The van der Waals surface area contributed by atoms with Crippen LogP contribution in [0.3, 0.4) is 0 Å². The summed E-state index contributed by atoms with van der Waals surface area (Å²) in [5, 5.41) is 2.54. The zero-order valence-corrected chi connectivity index (χ0v) is 18.7. The molecule has 1 saturated heterocycles. The number of rotatable bonds is 6. The number of benzene rings is 2. The Balaban J connectivity index is 1.54. The summed E-state index contributed by atoms with van der Waals surface area (Å²) in [5.41, 5.74) is -2.35. The molecule has 3 aromatic rings. The lowest BCUT2D eigenvalue weighted by atomic mass is 9.96. The maximum atomic E-state index is 16.0. The van der Waals surface area contributed by atoms with Gasteiger partial charge in [0.2, 0.25) is 0 Å². The fraction of sp³-hybridized carbons (Fsp3) is 0.280. The molecule has 1 aliphatic heterocycles. The van der Waals surface area contributed by atoms with E-state index in [9.17, 15) is 14.4 Å². The molecule has 176 valence electrons. The molecule has 0 unspecified atom stereocenters. The van der Waals surface area contributed by atoms with Gasteiger partial charge in [-0.15, -0.1) is 0 Å². The number of hydrogen-bond donors (Lipinski definition) is 1. The molecule has 0 saturated carbocycles. The number of carbonyl (C=O) groups is 2. The molecule has 34 heavy (non-hydrogen) atoms. The number of ether oxygens (including phenoxy) is 2. The van der Waals surface area contributed by atoms with Crippen molar-refractivity contribution in [1.29, 1.82) is 0 Å². The average Bonchev–Trinajstić information content (AvgIpc) is 3.09. The van der Waals surface area contributed by atoms with Gasteiger partial charge in [-0.3, -0.25) is 9.36 Å². The molecular weight excluding hydrogens is 441 g/mol. The van der Waals surface area contributed by atoms with Gasteiger partial charge in [-0.1, -0.05) is 43.3 Å². The second-order valence-electron chi connectivity index (χ2n) is 8.10. The van der Waals surface area contributed by atoms with Gasteiger partial charge in [0.15, 0.2) is 18.0 Å². The van der Waals surface area contributed by atoms with E-state index in [0.29, 0.717) is 12.0 Å². The first-order chi connectivity index (χ1) is 16.3. The summed E-state index contributed by atoms with van der Waals surface area (Å²) in [7, 11) is 0. The van der Waals surface area contributed by atoms with Crippen molar-refractivity contribution in [1.82, 2.24) is 9.55 Å². The average molecular weight is 465 g/mol. The van der Waals surface area contributed by atoms with Gasteiger partial charge in [-0.2, -0.15) is 4.98 Å². The van der Waals surface area contributed by atoms with Crippen LogP contribution in [0.25, 0.3) is 0 Å². The molecule has 1 aromatic heterocycles. The van der Waals surface area contributed by atoms with Crippen molar-refractivity contribution in [3.8, 4) is 0 Å². The molecule has 0 aliphatic carbocycles. The highest BCUT2D eigenvalue weighted by Crippen LogP contribution is 2.43. The predicted molar refractivity (Wildman–Crippen MR) is 122 cm³/mol. The van der Waals surface area contributed by atoms with Crippen LogP contribution in [0.1, 0.15) is 47.2 Å². The molecule has 4 atom stereocenters. The predicted octanol–water partition coefficient (Wildman–Crippen LogP) is 3.76. The van der Waals surface area contributed by atoms with E-state index in [1.54, 1.807) is 67.6 Å². The van der Waals surface area contributed by atoms with Crippen LogP contribution in [0.2, 0.25) is 0 Å². The van der Waals surface area contributed by atoms with Crippen molar-refractivity contribution in [3.05, 3.63) is 94.5 Å². The summed E-state index contributed by atoms with van der Waals surface area (Å²) in [6.45, 7) is 3.00. The monoisotopic (exact) mass is 465 g/mol. The van der Waals surface area contributed by atoms with E-state index < -0.39 is 41.7 Å². The van der Waals surface area contributed by atoms with Crippen LogP contribution in [0.5, 0.6) is 0 Å². The van der Waals surface area contributed by atoms with Gasteiger partial charge < -0.3 is 14.8 Å². The minimum absolute atomic E-state index is 0.0211. The molecule has 1 fully saturated rings. The summed E-state index contributed by atoms with van der Waals surface area (Å²) in [6.07, 6.45) is -1.72. The SMILES string of the molecule is CC[C@H]1O[C@@H](n2ccc(NC(=O)c3ccccc3)nc2=O)[C@](C)(F)[C@@H]1OC(=O)c1ccccc1. The maximum absolute atomic E-state index is 16.0. The minimum Gasteiger partial charge on any atom is -0.452 e. The number of nitrogens with one attached hydrogen (secondary N) is 1. The van der Waals surface area contributed by atoms with Crippen LogP contribution in [0.4, 0.5) is 10.2 Å². The van der Waals surface area contributed by atoms with Crippen molar-refractivity contribution in [3.63, 3.8) is 0 Å². The molecule has 0 spiro atoms. The van der Waals surface area contributed by atoms with Crippen LogP contribution in [-0.2, 0) is 9.47 Å². The molecule has 2 heterocycles. The summed E-state index contributed by atoms with van der Waals surface area (Å²) in [6, 6.07) is 18.1. The summed E-state index contributed by atoms with van der Waals surface area (Å²) in [4.78, 5) is 41.5. The molecule has 2 aromatic carbocycles. The van der Waals surface area contributed by atoms with Gasteiger partial charge in [-0.25, -0.2) is 14.0 Å². The van der Waals surface area contributed by atoms with Crippen LogP contribution in [0.15, 0.2) is 77.7 Å². The highest BCUT2D eigenvalue weighted by atomic mass is 19.1. The highest BCUT2D eigenvalue weighted by Gasteiger charge is 2.57. The molecule has 8 nitrogen and oxygen atoms in total. The van der Waals surface area contributed by atoms with Gasteiger partial charge in [0.25, 0.3) is 5.91 Å². The van der Waals surface area contributed by atoms with E-state index >= 15 is 4.39 Å². The smallest absolute Gasteiger partial charge is 0.351 e. The Morgan fingerprint density at radius 1 is 1.09 bits per heavy atom. The largest absolute Gasteiger partial charge is 0.452 e. The van der Waals surface area contributed by atoms with E-state index in [4.69, 9.17) is 9.47 Å². The van der Waals surface area contributed by atoms with Crippen molar-refractivity contribution in [2.24, 2.45) is 0 Å². The molecule has 9 heteroatoms. The minimum atomic E-state index is -2.22. The number of alkyl halides is 1. The fourth-order valence-corrected chi connectivity index (χ4v) is 3.91. The molecule has 1 amide bonds. The Hall–Kier alpha value is -3.85. The van der Waals surface area contributed by atoms with Crippen LogP contribution >= 0.6 is 0 Å². The lowest BCUT2D eigenvalue weighted by molar-refractivity contribution is -0.0518. The second kappa shape index (κ2) is 9.56. The Morgan fingerprint density at radius 2 is 1.71 bits per heavy atom. The molecule has 4 rings (SSSR count). The van der Waals surface area contributed by atoms with Crippen LogP contribution < -0.4 is 11.0 Å². The Bertz CT molecular complexity index is 1230. The first-order valence-electron chi connectivity index (χ1n) is 10.9. The lowest BCUT2D eigenvalue weighted by Gasteiger charge is -2.27. The maximum Gasteiger partial charge on any atom is 0.351 e. The number of hydrogen-bond acceptors (Lipinski definition) is 6. The van der Waals surface area contributed by atoms with Crippen LogP contribution in [-0.4, -0.2) is 39.3 Å². The van der Waals surface area contributed by atoms with E-state index in [1.165, 1.54) is 19.2 Å². The number of halogens is 1. The molecule has 1 N–H and O–H groups in total. The van der Waals surface area contributed by atoms with E-state index in [0.717, 1.165) is 4.57 Å². The molecule has 0 radical (unpaired) electrons. The standard InChI is InChI=1S/C25H24FN3O5/c1-3-18-20(34-22(31)17-12-8-5-9-13-17)25(2,26)23(33-18)29-15-14-19(28-24(29)32)27-21(30)16-10-6-4-7-11-16/h4-15,18,20,23H,3H2,1-2H3,(H,27,28,30,32)/t18-,20-,23-,25-/m1/s1. The first kappa shape index (κ1) is 23.3. The van der Waals surface area contributed by atoms with Gasteiger partial charge in [0, 0.05) is 11.8 Å². The third kappa shape index (κ3) is 4.60. The van der Waals surface area contributed by atoms with Gasteiger partial charge in [0.05, 0.1) is 5.56 Å². The number of carbonyl (C=O) groups excluding carboxylic acids is 2. The molecular formula is C25H24FN3O5. The van der Waals surface area contributed by atoms with Crippen LogP contribution in [0, 0.1) is 0 Å². The number of nitrogens with zero attached hydrogens (tertiary/aromatic N) is 2. The quantitative estimate of drug-likeness (QED) is 0.557. The van der Waals surface area contributed by atoms with Gasteiger partial charge in [0.1, 0.15) is 11.9 Å². The molecule has 0 bridgehead atoms. The number of esters is 1. The number of anilines is 1. The van der Waals surface area contributed by atoms with E-state index in [-0.39, 0.29) is 11.4 Å². The van der Waals surface area contributed by atoms with E-state index in [2.05, 4.69) is 10.3 Å². The second-order valence-corrected chi connectivity index (χ2v) is 8.10. The zero-order chi connectivity index (χ0) is 24.3. The van der Waals surface area contributed by atoms with Gasteiger partial charge >= 0.3 is 11.7 Å². The summed E-state index contributed by atoms with van der Waals surface area (Å²) < 4.78 is 28.3. The Morgan fingerprint density at radius 3 is 2.29 bits per heavy atom. The number of aromatic nitrogens is 2. The lowest BCUT2D eigenvalue weighted by Crippen LogP contribution is -2.44. The van der Waals surface area contributed by atoms with Crippen molar-refractivity contribution >= 4 is 17.7 Å². The summed E-state index contributed by atoms with van der Waals surface area (Å²) in [5.74, 6) is -1.09. The fourth-order valence-electron chi connectivity index (χ4n) is 3.91. The van der Waals surface area contributed by atoms with E-state index in [1.807, 2.05) is 0 Å². The highest BCUT2D eigenvalue weighted by molar-refractivity contribution is 6.03. The Kier molecular flexibility index (Phi) is 6.56. The Labute approximate surface area is 195 Å². The molecule has 1 aliphatic rings. The topological polar surface area (TPSA) is 99.5 Å². The van der Waals surface area contributed by atoms with Crippen molar-refractivity contribution in [2.45, 2.75) is 44.4 Å². The normalized spacial score (nSPS) is 23.9. The summed E-state index contributed by atoms with van der Waals surface area (Å²) >= 11 is 0.